The van der Waals surface area contributed by atoms with Gasteiger partial charge in [0.2, 0.25) is 5.91 Å². The van der Waals surface area contributed by atoms with Crippen molar-refractivity contribution in [2.75, 3.05) is 0 Å². The highest BCUT2D eigenvalue weighted by atomic mass is 16.4. The summed E-state index contributed by atoms with van der Waals surface area (Å²) in [6, 6.07) is 10.00. The van der Waals surface area contributed by atoms with Crippen molar-refractivity contribution < 1.29 is 14.7 Å². The molecule has 1 aromatic rings. The van der Waals surface area contributed by atoms with E-state index in [0.29, 0.717) is 6.42 Å². The van der Waals surface area contributed by atoms with Crippen LogP contribution >= 0.6 is 0 Å². The summed E-state index contributed by atoms with van der Waals surface area (Å²) in [6.07, 6.45) is 1.48. The van der Waals surface area contributed by atoms with Crippen LogP contribution in [0.1, 0.15) is 31.7 Å². The summed E-state index contributed by atoms with van der Waals surface area (Å²) in [5.41, 5.74) is 1.18. The smallest absolute Gasteiger partial charge is 0.303 e. The van der Waals surface area contributed by atoms with Crippen molar-refractivity contribution in [1.29, 1.82) is 0 Å². The number of hydrogen-bond acceptors (Lipinski definition) is 2. The zero-order valence-electron chi connectivity index (χ0n) is 10.6. The van der Waals surface area contributed by atoms with Crippen molar-refractivity contribution >= 4 is 11.9 Å². The van der Waals surface area contributed by atoms with E-state index in [1.807, 2.05) is 37.3 Å². The zero-order chi connectivity index (χ0) is 13.4. The van der Waals surface area contributed by atoms with Crippen molar-refractivity contribution in [1.82, 2.24) is 5.32 Å². The fourth-order valence-electron chi connectivity index (χ4n) is 1.77. The van der Waals surface area contributed by atoms with Gasteiger partial charge in [-0.05, 0) is 25.3 Å². The molecule has 0 spiro atoms. The van der Waals surface area contributed by atoms with Gasteiger partial charge in [-0.25, -0.2) is 0 Å². The monoisotopic (exact) mass is 249 g/mol. The molecular formula is C14H19NO3. The van der Waals surface area contributed by atoms with Crippen LogP contribution in [0.4, 0.5) is 0 Å². The van der Waals surface area contributed by atoms with Crippen LogP contribution in [0, 0.1) is 0 Å². The topological polar surface area (TPSA) is 66.4 Å². The first-order chi connectivity index (χ1) is 8.58. The molecule has 1 amide bonds. The van der Waals surface area contributed by atoms with Crippen LogP contribution in [-0.2, 0) is 16.0 Å². The molecule has 0 saturated carbocycles. The van der Waals surface area contributed by atoms with Crippen molar-refractivity contribution in [3.63, 3.8) is 0 Å². The van der Waals surface area contributed by atoms with Crippen molar-refractivity contribution in [3.05, 3.63) is 35.9 Å². The molecule has 0 radical (unpaired) electrons. The normalized spacial score (nSPS) is 11.8. The third-order valence-corrected chi connectivity index (χ3v) is 2.59. The lowest BCUT2D eigenvalue weighted by Crippen LogP contribution is -2.33. The molecule has 1 aromatic carbocycles. The summed E-state index contributed by atoms with van der Waals surface area (Å²) in [7, 11) is 0. The molecule has 1 unspecified atom stereocenters. The van der Waals surface area contributed by atoms with Gasteiger partial charge in [-0.15, -0.1) is 0 Å². The van der Waals surface area contributed by atoms with Gasteiger partial charge in [0.05, 0.1) is 0 Å². The van der Waals surface area contributed by atoms with Crippen LogP contribution in [0.2, 0.25) is 0 Å². The van der Waals surface area contributed by atoms with Gasteiger partial charge >= 0.3 is 5.97 Å². The average Bonchev–Trinajstić information content (AvgIpc) is 2.29. The van der Waals surface area contributed by atoms with E-state index in [0.717, 1.165) is 6.42 Å². The summed E-state index contributed by atoms with van der Waals surface area (Å²) in [6.45, 7) is 1.95. The lowest BCUT2D eigenvalue weighted by molar-refractivity contribution is -0.137. The van der Waals surface area contributed by atoms with E-state index in [-0.39, 0.29) is 24.8 Å². The lowest BCUT2D eigenvalue weighted by Gasteiger charge is -2.13. The Morgan fingerprint density at radius 1 is 1.22 bits per heavy atom. The first-order valence-corrected chi connectivity index (χ1v) is 6.13. The number of carbonyl (C=O) groups is 2. The van der Waals surface area contributed by atoms with Gasteiger partial charge in [0, 0.05) is 18.9 Å². The van der Waals surface area contributed by atoms with Crippen molar-refractivity contribution in [2.24, 2.45) is 0 Å². The van der Waals surface area contributed by atoms with Crippen LogP contribution in [0.3, 0.4) is 0 Å². The fourth-order valence-corrected chi connectivity index (χ4v) is 1.77. The van der Waals surface area contributed by atoms with Gasteiger partial charge in [0.15, 0.2) is 0 Å². The molecule has 4 heteroatoms. The third kappa shape index (κ3) is 6.03. The standard InChI is InChI=1S/C14H19NO3/c1-11(10-12-6-3-2-4-7-12)15-13(16)8-5-9-14(17)18/h2-4,6-7,11H,5,8-10H2,1H3,(H,15,16)(H,17,18). The second kappa shape index (κ2) is 7.48. The zero-order valence-corrected chi connectivity index (χ0v) is 10.6. The largest absolute Gasteiger partial charge is 0.481 e. The van der Waals surface area contributed by atoms with E-state index in [1.54, 1.807) is 0 Å². The van der Waals surface area contributed by atoms with Gasteiger partial charge in [-0.1, -0.05) is 30.3 Å². The van der Waals surface area contributed by atoms with Crippen LogP contribution in [0.15, 0.2) is 30.3 Å². The molecule has 0 aliphatic heterocycles. The number of benzene rings is 1. The van der Waals surface area contributed by atoms with Gasteiger partial charge in [-0.2, -0.15) is 0 Å². The minimum Gasteiger partial charge on any atom is -0.481 e. The van der Waals surface area contributed by atoms with E-state index >= 15 is 0 Å². The summed E-state index contributed by atoms with van der Waals surface area (Å²) in [5, 5.41) is 11.3. The van der Waals surface area contributed by atoms with E-state index in [2.05, 4.69) is 5.32 Å². The summed E-state index contributed by atoms with van der Waals surface area (Å²) in [5.74, 6) is -0.945. The SMILES string of the molecule is CC(Cc1ccccc1)NC(=O)CCCC(=O)O. The number of amides is 1. The fraction of sp³-hybridized carbons (Fsp3) is 0.429. The maximum absolute atomic E-state index is 11.5. The average molecular weight is 249 g/mol. The molecule has 0 heterocycles. The van der Waals surface area contributed by atoms with Gasteiger partial charge in [0.1, 0.15) is 0 Å². The maximum atomic E-state index is 11.5. The highest BCUT2D eigenvalue weighted by molar-refractivity contribution is 5.77. The Bertz CT molecular complexity index is 389. The van der Waals surface area contributed by atoms with Crippen molar-refractivity contribution in [3.8, 4) is 0 Å². The summed E-state index contributed by atoms with van der Waals surface area (Å²) < 4.78 is 0. The minimum atomic E-state index is -0.861. The van der Waals surface area contributed by atoms with Crippen LogP contribution in [-0.4, -0.2) is 23.0 Å². The number of nitrogens with one attached hydrogen (secondary N) is 1. The summed E-state index contributed by atoms with van der Waals surface area (Å²) in [4.78, 5) is 21.8. The van der Waals surface area contributed by atoms with Gasteiger partial charge < -0.3 is 10.4 Å². The number of carbonyl (C=O) groups excluding carboxylic acids is 1. The summed E-state index contributed by atoms with van der Waals surface area (Å²) >= 11 is 0. The predicted molar refractivity (Wildman–Crippen MR) is 69.2 cm³/mol. The third-order valence-electron chi connectivity index (χ3n) is 2.59. The molecule has 1 atom stereocenters. The Morgan fingerprint density at radius 3 is 2.50 bits per heavy atom. The second-order valence-electron chi connectivity index (χ2n) is 4.41. The predicted octanol–water partition coefficient (Wildman–Crippen LogP) is 1.99. The first-order valence-electron chi connectivity index (χ1n) is 6.13. The van der Waals surface area contributed by atoms with E-state index < -0.39 is 5.97 Å². The van der Waals surface area contributed by atoms with E-state index in [9.17, 15) is 9.59 Å². The van der Waals surface area contributed by atoms with Gasteiger partial charge in [-0.3, -0.25) is 9.59 Å². The Balaban J connectivity index is 2.25. The number of carboxylic acids is 1. The van der Waals surface area contributed by atoms with Crippen LogP contribution < -0.4 is 5.32 Å². The Hall–Kier alpha value is -1.84. The molecule has 4 nitrogen and oxygen atoms in total. The molecule has 2 N–H and O–H groups in total. The molecule has 0 saturated heterocycles. The Labute approximate surface area is 107 Å². The second-order valence-corrected chi connectivity index (χ2v) is 4.41. The Kier molecular flexibility index (Phi) is 5.91. The molecule has 0 aliphatic carbocycles. The molecule has 0 bridgehead atoms. The number of hydrogen-bond donors (Lipinski definition) is 2. The molecular weight excluding hydrogens is 230 g/mol. The molecule has 18 heavy (non-hydrogen) atoms. The van der Waals surface area contributed by atoms with Crippen LogP contribution in [0.25, 0.3) is 0 Å². The minimum absolute atomic E-state index is 0.0421. The number of aliphatic carboxylic acids is 1. The number of rotatable bonds is 7. The van der Waals surface area contributed by atoms with Crippen molar-refractivity contribution in [2.45, 2.75) is 38.6 Å². The highest BCUT2D eigenvalue weighted by Gasteiger charge is 2.08. The molecule has 0 aliphatic rings. The molecule has 0 aromatic heterocycles. The quantitative estimate of drug-likeness (QED) is 0.776. The lowest BCUT2D eigenvalue weighted by atomic mass is 10.1. The van der Waals surface area contributed by atoms with E-state index in [4.69, 9.17) is 5.11 Å². The van der Waals surface area contributed by atoms with E-state index in [1.165, 1.54) is 5.56 Å². The van der Waals surface area contributed by atoms with Gasteiger partial charge in [0.25, 0.3) is 0 Å². The Morgan fingerprint density at radius 2 is 1.89 bits per heavy atom. The first kappa shape index (κ1) is 14.2. The maximum Gasteiger partial charge on any atom is 0.303 e. The van der Waals surface area contributed by atoms with Crippen LogP contribution in [0.5, 0.6) is 0 Å². The molecule has 1 rings (SSSR count). The highest BCUT2D eigenvalue weighted by Crippen LogP contribution is 2.03. The number of carboxylic acid groups (broad SMARTS) is 1. The molecule has 98 valence electrons. The molecule has 0 fully saturated rings.